The van der Waals surface area contributed by atoms with Crippen LogP contribution in [0.2, 0.25) is 5.02 Å². The molecule has 0 fully saturated rings. The number of aromatic nitrogens is 1. The van der Waals surface area contributed by atoms with Crippen molar-refractivity contribution in [3.63, 3.8) is 0 Å². The van der Waals surface area contributed by atoms with Gasteiger partial charge in [0.25, 0.3) is 0 Å². The first kappa shape index (κ1) is 20.6. The van der Waals surface area contributed by atoms with E-state index in [-0.39, 0.29) is 5.11 Å². The van der Waals surface area contributed by atoms with E-state index in [1.54, 1.807) is 31.2 Å². The molecule has 0 radical (unpaired) electrons. The zero-order valence-electron chi connectivity index (χ0n) is 13.7. The second-order valence-corrected chi connectivity index (χ2v) is 8.94. The summed E-state index contributed by atoms with van der Waals surface area (Å²) in [5, 5.41) is 2.72. The van der Waals surface area contributed by atoms with Crippen LogP contribution in [0.1, 0.15) is 23.4 Å². The highest BCUT2D eigenvalue weighted by molar-refractivity contribution is 7.94. The molecule has 0 saturated heterocycles. The van der Waals surface area contributed by atoms with Crippen molar-refractivity contribution < 1.29 is 17.4 Å². The molecule has 10 heteroatoms. The molecular formula is C16H15ClF3N3OS2. The van der Waals surface area contributed by atoms with E-state index in [1.165, 1.54) is 12.3 Å². The Kier molecular flexibility index (Phi) is 6.25. The molecule has 0 amide bonds. The molecule has 1 N–H and O–H groups in total. The average Bonchev–Trinajstić information content (AvgIpc) is 2.55. The molecule has 2 atom stereocenters. The molecule has 4 nitrogen and oxygen atoms in total. The van der Waals surface area contributed by atoms with E-state index < -0.39 is 26.8 Å². The minimum atomic E-state index is -4.52. The smallest absolute Gasteiger partial charge is 0.330 e. The van der Waals surface area contributed by atoms with Gasteiger partial charge in [0.05, 0.1) is 15.0 Å². The van der Waals surface area contributed by atoms with Crippen molar-refractivity contribution in [1.29, 1.82) is 0 Å². The van der Waals surface area contributed by atoms with Gasteiger partial charge in [-0.15, -0.1) is 0 Å². The number of alkyl halides is 3. The quantitative estimate of drug-likeness (QED) is 0.682. The average molecular weight is 422 g/mol. The van der Waals surface area contributed by atoms with Crippen LogP contribution in [-0.4, -0.2) is 20.6 Å². The molecule has 2 unspecified atom stereocenters. The number of hydrogen-bond donors (Lipinski definition) is 1. The standard InChI is InChI=1S/C16H15ClF3N3OS2/c1-10(11-3-8-14(21-9-11)16(18,19)20)26(2,24)23-15(25)22-13-6-4-12(17)5-7-13/h3-10H,1-2H3,(H,22,25). The number of pyridine rings is 1. The molecule has 0 aliphatic heterocycles. The summed E-state index contributed by atoms with van der Waals surface area (Å²) in [7, 11) is -2.87. The van der Waals surface area contributed by atoms with Gasteiger partial charge in [0.2, 0.25) is 5.11 Å². The van der Waals surface area contributed by atoms with E-state index in [0.29, 0.717) is 16.3 Å². The number of halogens is 4. The molecule has 0 aliphatic rings. The van der Waals surface area contributed by atoms with Gasteiger partial charge in [-0.05, 0) is 55.0 Å². The zero-order valence-corrected chi connectivity index (χ0v) is 16.1. The zero-order chi connectivity index (χ0) is 19.5. The van der Waals surface area contributed by atoms with Crippen molar-refractivity contribution >= 4 is 44.3 Å². The summed E-state index contributed by atoms with van der Waals surface area (Å²) < 4.78 is 54.7. The van der Waals surface area contributed by atoms with E-state index in [4.69, 9.17) is 23.8 Å². The normalized spacial score (nSPS) is 15.0. The molecule has 26 heavy (non-hydrogen) atoms. The predicted octanol–water partition coefficient (Wildman–Crippen LogP) is 5.31. The summed E-state index contributed by atoms with van der Waals surface area (Å²) in [6.45, 7) is 1.60. The van der Waals surface area contributed by atoms with Crippen molar-refractivity contribution in [2.45, 2.75) is 18.3 Å². The number of benzene rings is 1. The topological polar surface area (TPSA) is 54.4 Å². The Balaban J connectivity index is 2.19. The number of hydrogen-bond acceptors (Lipinski definition) is 3. The second kappa shape index (κ2) is 7.89. The Hall–Kier alpha value is -1.71. The van der Waals surface area contributed by atoms with E-state index >= 15 is 0 Å². The second-order valence-electron chi connectivity index (χ2n) is 5.51. The summed E-state index contributed by atoms with van der Waals surface area (Å²) in [4.78, 5) is 3.39. The van der Waals surface area contributed by atoms with Crippen molar-refractivity contribution in [3.05, 3.63) is 58.9 Å². The maximum Gasteiger partial charge on any atom is 0.433 e. The van der Waals surface area contributed by atoms with E-state index in [9.17, 15) is 17.4 Å². The van der Waals surface area contributed by atoms with Gasteiger partial charge >= 0.3 is 6.18 Å². The minimum Gasteiger partial charge on any atom is -0.330 e. The third kappa shape index (κ3) is 5.39. The lowest BCUT2D eigenvalue weighted by atomic mass is 10.2. The molecule has 1 aromatic carbocycles. The molecule has 0 spiro atoms. The maximum atomic E-state index is 12.9. The first-order valence-electron chi connectivity index (χ1n) is 7.30. The Morgan fingerprint density at radius 1 is 1.27 bits per heavy atom. The lowest BCUT2D eigenvalue weighted by molar-refractivity contribution is -0.141. The van der Waals surface area contributed by atoms with Gasteiger partial charge in [-0.3, -0.25) is 4.98 Å². The molecule has 0 bridgehead atoms. The largest absolute Gasteiger partial charge is 0.433 e. The van der Waals surface area contributed by atoms with Gasteiger partial charge in [0, 0.05) is 23.2 Å². The predicted molar refractivity (Wildman–Crippen MR) is 102 cm³/mol. The fourth-order valence-corrected chi connectivity index (χ4v) is 3.85. The highest BCUT2D eigenvalue weighted by Gasteiger charge is 2.32. The fourth-order valence-electron chi connectivity index (χ4n) is 1.99. The number of nitrogens with zero attached hydrogens (tertiary/aromatic N) is 2. The highest BCUT2D eigenvalue weighted by Crippen LogP contribution is 2.29. The molecule has 1 heterocycles. The molecule has 2 rings (SSSR count). The molecule has 140 valence electrons. The van der Waals surface area contributed by atoms with Crippen LogP contribution in [0.3, 0.4) is 0 Å². The number of anilines is 1. The summed E-state index contributed by atoms with van der Waals surface area (Å²) in [6, 6.07) is 8.79. The van der Waals surface area contributed by atoms with Gasteiger partial charge < -0.3 is 5.32 Å². The molecular weight excluding hydrogens is 407 g/mol. The molecule has 0 saturated carbocycles. The van der Waals surface area contributed by atoms with Gasteiger partial charge in [-0.1, -0.05) is 17.7 Å². The molecule has 2 aromatic rings. The van der Waals surface area contributed by atoms with Crippen molar-refractivity contribution in [2.24, 2.45) is 4.36 Å². The fraction of sp³-hybridized carbons (Fsp3) is 0.250. The summed E-state index contributed by atoms with van der Waals surface area (Å²) in [5.41, 5.74) is -0.00124. The van der Waals surface area contributed by atoms with E-state index in [0.717, 1.165) is 12.3 Å². The third-order valence-electron chi connectivity index (χ3n) is 3.56. The first-order chi connectivity index (χ1) is 12.0. The van der Waals surface area contributed by atoms with Gasteiger partial charge in [-0.2, -0.15) is 17.5 Å². The Morgan fingerprint density at radius 2 is 1.88 bits per heavy atom. The van der Waals surface area contributed by atoms with Crippen LogP contribution in [0.4, 0.5) is 18.9 Å². The maximum absolute atomic E-state index is 12.9. The lowest BCUT2D eigenvalue weighted by Gasteiger charge is -2.15. The van der Waals surface area contributed by atoms with Gasteiger partial charge in [0.1, 0.15) is 5.69 Å². The van der Waals surface area contributed by atoms with E-state index in [1.807, 2.05) is 0 Å². The third-order valence-corrected chi connectivity index (χ3v) is 6.25. The number of rotatable bonds is 3. The monoisotopic (exact) mass is 421 g/mol. The number of nitrogens with one attached hydrogen (secondary N) is 1. The van der Waals surface area contributed by atoms with Crippen LogP contribution >= 0.6 is 23.8 Å². The minimum absolute atomic E-state index is 0.00606. The van der Waals surface area contributed by atoms with Gasteiger partial charge in [0.15, 0.2) is 0 Å². The summed E-state index contributed by atoms with van der Waals surface area (Å²) >= 11 is 10.9. The van der Waals surface area contributed by atoms with Crippen molar-refractivity contribution in [1.82, 2.24) is 4.98 Å². The Bertz CT molecular complexity index is 906. The van der Waals surface area contributed by atoms with Crippen LogP contribution in [0.25, 0.3) is 0 Å². The van der Waals surface area contributed by atoms with Crippen LogP contribution in [0, 0.1) is 0 Å². The SMILES string of the molecule is CC(c1ccc(C(F)(F)F)nc1)S(C)(=O)=NC(=S)Nc1ccc(Cl)cc1. The Morgan fingerprint density at radius 3 is 2.38 bits per heavy atom. The van der Waals surface area contributed by atoms with Crippen LogP contribution in [-0.2, 0) is 15.9 Å². The van der Waals surface area contributed by atoms with E-state index in [2.05, 4.69) is 14.7 Å². The highest BCUT2D eigenvalue weighted by atomic mass is 35.5. The summed E-state index contributed by atoms with van der Waals surface area (Å²) in [6.07, 6.45) is -2.07. The van der Waals surface area contributed by atoms with Crippen LogP contribution in [0.15, 0.2) is 47.0 Å². The molecule has 1 aromatic heterocycles. The van der Waals surface area contributed by atoms with Crippen LogP contribution in [0.5, 0.6) is 0 Å². The summed E-state index contributed by atoms with van der Waals surface area (Å²) in [5.74, 6) is 0. The van der Waals surface area contributed by atoms with Gasteiger partial charge in [-0.25, -0.2) is 4.21 Å². The molecule has 0 aliphatic carbocycles. The van der Waals surface area contributed by atoms with Crippen molar-refractivity contribution in [2.75, 3.05) is 11.6 Å². The Labute approximate surface area is 160 Å². The number of thiocarbonyl (C=S) groups is 1. The lowest BCUT2D eigenvalue weighted by Crippen LogP contribution is -2.15. The first-order valence-corrected chi connectivity index (χ1v) is 10.1. The van der Waals surface area contributed by atoms with Crippen LogP contribution < -0.4 is 5.32 Å². The van der Waals surface area contributed by atoms with Crippen molar-refractivity contribution in [3.8, 4) is 0 Å².